The molecule has 1 heterocycles. The van der Waals surface area contributed by atoms with Crippen molar-refractivity contribution in [2.75, 3.05) is 11.9 Å². The van der Waals surface area contributed by atoms with E-state index in [4.69, 9.17) is 10.5 Å². The topological polar surface area (TPSA) is 77.2 Å². The van der Waals surface area contributed by atoms with Gasteiger partial charge >= 0.3 is 0 Å². The highest BCUT2D eigenvalue weighted by molar-refractivity contribution is 5.92. The van der Waals surface area contributed by atoms with E-state index in [9.17, 15) is 4.79 Å². The van der Waals surface area contributed by atoms with Crippen LogP contribution < -0.4 is 15.8 Å². The molecule has 17 heavy (non-hydrogen) atoms. The van der Waals surface area contributed by atoms with Gasteiger partial charge in [0.05, 0.1) is 24.4 Å². The zero-order valence-corrected chi connectivity index (χ0v) is 10.4. The molecule has 5 nitrogen and oxygen atoms in total. The van der Waals surface area contributed by atoms with E-state index in [0.717, 1.165) is 0 Å². The van der Waals surface area contributed by atoms with Gasteiger partial charge in [-0.25, -0.2) is 4.98 Å². The Bertz CT molecular complexity index is 363. The van der Waals surface area contributed by atoms with Gasteiger partial charge in [0.2, 0.25) is 11.8 Å². The van der Waals surface area contributed by atoms with Crippen molar-refractivity contribution in [3.63, 3.8) is 0 Å². The largest absolute Gasteiger partial charge is 0.478 e. The first-order valence-corrected chi connectivity index (χ1v) is 5.70. The van der Waals surface area contributed by atoms with E-state index in [1.54, 1.807) is 32.2 Å². The number of nitrogens with two attached hydrogens (primary N) is 1. The predicted molar refractivity (Wildman–Crippen MR) is 66.8 cm³/mol. The lowest BCUT2D eigenvalue weighted by molar-refractivity contribution is -0.119. The molecule has 3 N–H and O–H groups in total. The van der Waals surface area contributed by atoms with Gasteiger partial charge in [-0.05, 0) is 19.9 Å². The van der Waals surface area contributed by atoms with Gasteiger partial charge in [0, 0.05) is 12.1 Å². The second-order valence-corrected chi connectivity index (χ2v) is 3.96. The quantitative estimate of drug-likeness (QED) is 0.811. The number of hydrogen-bond donors (Lipinski definition) is 2. The van der Waals surface area contributed by atoms with Crippen molar-refractivity contribution >= 4 is 11.6 Å². The highest BCUT2D eigenvalue weighted by Gasteiger charge is 2.16. The number of ether oxygens (including phenoxy) is 1. The van der Waals surface area contributed by atoms with Gasteiger partial charge in [-0.3, -0.25) is 4.79 Å². The number of anilines is 1. The number of rotatable bonds is 5. The normalized spacial score (nSPS) is 13.9. The molecule has 2 unspecified atom stereocenters. The Hall–Kier alpha value is -1.62. The van der Waals surface area contributed by atoms with Crippen LogP contribution in [-0.2, 0) is 4.79 Å². The first-order chi connectivity index (χ1) is 8.04. The van der Waals surface area contributed by atoms with Crippen molar-refractivity contribution in [3.05, 3.63) is 18.3 Å². The Balaban J connectivity index is 2.60. The van der Waals surface area contributed by atoms with Crippen LogP contribution in [0.15, 0.2) is 18.3 Å². The van der Waals surface area contributed by atoms with E-state index in [-0.39, 0.29) is 17.9 Å². The number of carbonyl (C=O) groups excluding carboxylic acids is 1. The Morgan fingerprint density at radius 2 is 2.24 bits per heavy atom. The minimum atomic E-state index is -0.235. The number of carbonyl (C=O) groups is 1. The average molecular weight is 237 g/mol. The van der Waals surface area contributed by atoms with E-state index in [0.29, 0.717) is 18.2 Å². The molecule has 0 aliphatic carbocycles. The van der Waals surface area contributed by atoms with E-state index < -0.39 is 0 Å². The Labute approximate surface area is 101 Å². The highest BCUT2D eigenvalue weighted by Crippen LogP contribution is 2.13. The molecular formula is C12H19N3O2. The molecule has 1 aromatic rings. The third-order valence-corrected chi connectivity index (χ3v) is 2.50. The molecule has 0 radical (unpaired) electrons. The summed E-state index contributed by atoms with van der Waals surface area (Å²) in [4.78, 5) is 15.8. The smallest absolute Gasteiger partial charge is 0.228 e. The SMILES string of the molecule is CCOc1ccc(NC(=O)C(C)C(C)N)cn1. The summed E-state index contributed by atoms with van der Waals surface area (Å²) < 4.78 is 5.21. The second-order valence-electron chi connectivity index (χ2n) is 3.96. The van der Waals surface area contributed by atoms with Crippen molar-refractivity contribution in [3.8, 4) is 5.88 Å². The van der Waals surface area contributed by atoms with Gasteiger partial charge in [0.25, 0.3) is 0 Å². The van der Waals surface area contributed by atoms with Crippen molar-refractivity contribution in [2.24, 2.45) is 11.7 Å². The fourth-order valence-electron chi connectivity index (χ4n) is 1.18. The molecule has 0 saturated carbocycles. The zero-order valence-electron chi connectivity index (χ0n) is 10.4. The number of aromatic nitrogens is 1. The summed E-state index contributed by atoms with van der Waals surface area (Å²) in [6.07, 6.45) is 1.57. The van der Waals surface area contributed by atoms with Gasteiger partial charge in [-0.15, -0.1) is 0 Å². The first kappa shape index (κ1) is 13.4. The first-order valence-electron chi connectivity index (χ1n) is 5.70. The average Bonchev–Trinajstić information content (AvgIpc) is 2.30. The number of amides is 1. The summed E-state index contributed by atoms with van der Waals surface area (Å²) >= 11 is 0. The standard InChI is InChI=1S/C12H19N3O2/c1-4-17-11-6-5-10(7-14-11)15-12(16)8(2)9(3)13/h5-9H,4,13H2,1-3H3,(H,15,16). The third-order valence-electron chi connectivity index (χ3n) is 2.50. The van der Waals surface area contributed by atoms with Crippen molar-refractivity contribution in [2.45, 2.75) is 26.8 Å². The Kier molecular flexibility index (Phi) is 4.90. The summed E-state index contributed by atoms with van der Waals surface area (Å²) in [5.74, 6) is 0.207. The molecule has 94 valence electrons. The van der Waals surface area contributed by atoms with Gasteiger partial charge in [0.15, 0.2) is 0 Å². The van der Waals surface area contributed by atoms with Crippen LogP contribution in [0.25, 0.3) is 0 Å². The van der Waals surface area contributed by atoms with Crippen molar-refractivity contribution in [1.29, 1.82) is 0 Å². The number of pyridine rings is 1. The molecule has 0 aromatic carbocycles. The third kappa shape index (κ3) is 4.03. The summed E-state index contributed by atoms with van der Waals surface area (Å²) in [5, 5.41) is 2.76. The molecule has 0 spiro atoms. The van der Waals surface area contributed by atoms with E-state index in [2.05, 4.69) is 10.3 Å². The molecule has 0 aliphatic heterocycles. The van der Waals surface area contributed by atoms with Crippen LogP contribution in [0, 0.1) is 5.92 Å². The molecule has 1 rings (SSSR count). The lowest BCUT2D eigenvalue weighted by atomic mass is 10.0. The Morgan fingerprint density at radius 1 is 1.53 bits per heavy atom. The van der Waals surface area contributed by atoms with Gasteiger partial charge < -0.3 is 15.8 Å². The van der Waals surface area contributed by atoms with Crippen molar-refractivity contribution in [1.82, 2.24) is 4.98 Å². The van der Waals surface area contributed by atoms with Crippen LogP contribution in [0.2, 0.25) is 0 Å². The lowest BCUT2D eigenvalue weighted by Crippen LogP contribution is -2.34. The molecule has 5 heteroatoms. The van der Waals surface area contributed by atoms with Crippen LogP contribution in [-0.4, -0.2) is 23.5 Å². The molecule has 0 aliphatic rings. The fraction of sp³-hybridized carbons (Fsp3) is 0.500. The highest BCUT2D eigenvalue weighted by atomic mass is 16.5. The molecule has 2 atom stereocenters. The second kappa shape index (κ2) is 6.20. The fourth-order valence-corrected chi connectivity index (χ4v) is 1.18. The molecule has 0 fully saturated rings. The maximum atomic E-state index is 11.7. The monoisotopic (exact) mass is 237 g/mol. The summed E-state index contributed by atoms with van der Waals surface area (Å²) in [5.41, 5.74) is 6.30. The van der Waals surface area contributed by atoms with Gasteiger partial charge in [-0.1, -0.05) is 6.92 Å². The molecule has 1 amide bonds. The minimum absolute atomic E-state index is 0.106. The summed E-state index contributed by atoms with van der Waals surface area (Å²) in [6, 6.07) is 3.30. The maximum Gasteiger partial charge on any atom is 0.228 e. The molecular weight excluding hydrogens is 218 g/mol. The van der Waals surface area contributed by atoms with Crippen LogP contribution in [0.3, 0.4) is 0 Å². The Morgan fingerprint density at radius 3 is 2.71 bits per heavy atom. The molecule has 0 saturated heterocycles. The van der Waals surface area contributed by atoms with Crippen molar-refractivity contribution < 1.29 is 9.53 Å². The zero-order chi connectivity index (χ0) is 12.8. The van der Waals surface area contributed by atoms with Gasteiger partial charge in [-0.2, -0.15) is 0 Å². The van der Waals surface area contributed by atoms with Crippen LogP contribution in [0.4, 0.5) is 5.69 Å². The summed E-state index contributed by atoms with van der Waals surface area (Å²) in [7, 11) is 0. The number of hydrogen-bond acceptors (Lipinski definition) is 4. The lowest BCUT2D eigenvalue weighted by Gasteiger charge is -2.15. The summed E-state index contributed by atoms with van der Waals surface area (Å²) in [6.45, 7) is 6.06. The van der Waals surface area contributed by atoms with E-state index in [1.807, 2.05) is 6.92 Å². The maximum absolute atomic E-state index is 11.7. The van der Waals surface area contributed by atoms with E-state index >= 15 is 0 Å². The molecule has 1 aromatic heterocycles. The molecule has 0 bridgehead atoms. The van der Waals surface area contributed by atoms with Crippen LogP contribution in [0.5, 0.6) is 5.88 Å². The number of nitrogens with zero attached hydrogens (tertiary/aromatic N) is 1. The predicted octanol–water partition coefficient (Wildman–Crippen LogP) is 1.40. The van der Waals surface area contributed by atoms with Crippen LogP contribution in [0.1, 0.15) is 20.8 Å². The van der Waals surface area contributed by atoms with Crippen LogP contribution >= 0.6 is 0 Å². The number of nitrogens with one attached hydrogen (secondary N) is 1. The van der Waals surface area contributed by atoms with Gasteiger partial charge in [0.1, 0.15) is 0 Å². The van der Waals surface area contributed by atoms with E-state index in [1.165, 1.54) is 0 Å². The minimum Gasteiger partial charge on any atom is -0.478 e.